The average molecular weight is 244 g/mol. The van der Waals surface area contributed by atoms with Gasteiger partial charge >= 0.3 is 0 Å². The molecule has 0 saturated carbocycles. The van der Waals surface area contributed by atoms with Crippen molar-refractivity contribution in [2.45, 2.75) is 19.8 Å². The molecule has 3 nitrogen and oxygen atoms in total. The van der Waals surface area contributed by atoms with Gasteiger partial charge in [0, 0.05) is 26.1 Å². The lowest BCUT2D eigenvalue weighted by atomic mass is 10.1. The Morgan fingerprint density at radius 3 is 2.72 bits per heavy atom. The highest BCUT2D eigenvalue weighted by Gasteiger charge is 1.99. The Hall–Kier alpha value is -1.95. The van der Waals surface area contributed by atoms with Crippen LogP contribution in [0.4, 0.5) is 5.69 Å². The van der Waals surface area contributed by atoms with E-state index in [0.29, 0.717) is 13.0 Å². The normalized spacial score (nSPS) is 9.28. The lowest BCUT2D eigenvalue weighted by Crippen LogP contribution is -2.22. The molecule has 0 spiro atoms. The predicted octanol–water partition coefficient (Wildman–Crippen LogP) is 2.02. The molecule has 96 valence electrons. The SMILES string of the molecule is CCCC(=O)NCC#Cc1ccccc1N(C)C. The molecule has 0 atom stereocenters. The van der Waals surface area contributed by atoms with Gasteiger partial charge in [-0.05, 0) is 18.6 Å². The molecule has 0 aliphatic carbocycles. The first kappa shape index (κ1) is 14.1. The summed E-state index contributed by atoms with van der Waals surface area (Å²) in [5.74, 6) is 6.13. The third-order valence-corrected chi connectivity index (χ3v) is 2.46. The fraction of sp³-hybridized carbons (Fsp3) is 0.400. The minimum Gasteiger partial charge on any atom is -0.377 e. The Balaban J connectivity index is 2.60. The van der Waals surface area contributed by atoms with E-state index in [1.807, 2.05) is 50.2 Å². The van der Waals surface area contributed by atoms with Crippen molar-refractivity contribution in [1.29, 1.82) is 0 Å². The monoisotopic (exact) mass is 244 g/mol. The van der Waals surface area contributed by atoms with Gasteiger partial charge in [0.05, 0.1) is 12.2 Å². The second-order valence-electron chi connectivity index (χ2n) is 4.24. The van der Waals surface area contributed by atoms with Gasteiger partial charge < -0.3 is 10.2 Å². The molecule has 0 aromatic heterocycles. The summed E-state index contributed by atoms with van der Waals surface area (Å²) in [5, 5.41) is 2.78. The molecule has 1 amide bonds. The summed E-state index contributed by atoms with van der Waals surface area (Å²) in [6, 6.07) is 7.96. The van der Waals surface area contributed by atoms with E-state index in [0.717, 1.165) is 17.7 Å². The number of benzene rings is 1. The first-order chi connectivity index (χ1) is 8.65. The van der Waals surface area contributed by atoms with Crippen LogP contribution in [-0.4, -0.2) is 26.5 Å². The Morgan fingerprint density at radius 2 is 2.06 bits per heavy atom. The highest BCUT2D eigenvalue weighted by atomic mass is 16.1. The topological polar surface area (TPSA) is 32.3 Å². The van der Waals surface area contributed by atoms with Gasteiger partial charge in [0.2, 0.25) is 5.91 Å². The number of rotatable bonds is 4. The molecule has 1 aromatic rings. The van der Waals surface area contributed by atoms with Crippen LogP contribution in [-0.2, 0) is 4.79 Å². The van der Waals surface area contributed by atoms with Gasteiger partial charge in [0.1, 0.15) is 0 Å². The van der Waals surface area contributed by atoms with Crippen molar-refractivity contribution in [3.8, 4) is 11.8 Å². The molecule has 0 saturated heterocycles. The van der Waals surface area contributed by atoms with Gasteiger partial charge in [-0.2, -0.15) is 0 Å². The van der Waals surface area contributed by atoms with Crippen LogP contribution in [0.3, 0.4) is 0 Å². The van der Waals surface area contributed by atoms with Gasteiger partial charge in [-0.15, -0.1) is 0 Å². The summed E-state index contributed by atoms with van der Waals surface area (Å²) in [5.41, 5.74) is 2.07. The largest absolute Gasteiger partial charge is 0.377 e. The van der Waals surface area contributed by atoms with Crippen LogP contribution in [0.15, 0.2) is 24.3 Å². The number of carbonyl (C=O) groups excluding carboxylic acids is 1. The van der Waals surface area contributed by atoms with Crippen LogP contribution >= 0.6 is 0 Å². The standard InChI is InChI=1S/C15H20N2O/c1-4-8-15(18)16-12-7-10-13-9-5-6-11-14(13)17(2)3/h5-6,9,11H,4,8,12H2,1-3H3,(H,16,18). The molecule has 1 aromatic carbocycles. The van der Waals surface area contributed by atoms with Crippen molar-refractivity contribution in [1.82, 2.24) is 5.32 Å². The van der Waals surface area contributed by atoms with E-state index in [1.54, 1.807) is 0 Å². The lowest BCUT2D eigenvalue weighted by molar-refractivity contribution is -0.120. The third-order valence-electron chi connectivity index (χ3n) is 2.46. The Labute approximate surface area is 109 Å². The summed E-state index contributed by atoms with van der Waals surface area (Å²) in [6.07, 6.45) is 1.43. The van der Waals surface area contributed by atoms with E-state index in [2.05, 4.69) is 17.2 Å². The molecular weight excluding hydrogens is 224 g/mol. The van der Waals surface area contributed by atoms with Gasteiger partial charge in [-0.1, -0.05) is 30.9 Å². The molecule has 18 heavy (non-hydrogen) atoms. The fourth-order valence-electron chi connectivity index (χ4n) is 1.57. The van der Waals surface area contributed by atoms with E-state index in [4.69, 9.17) is 0 Å². The maximum Gasteiger partial charge on any atom is 0.220 e. The van der Waals surface area contributed by atoms with Crippen molar-refractivity contribution < 1.29 is 4.79 Å². The predicted molar refractivity (Wildman–Crippen MR) is 75.6 cm³/mol. The maximum absolute atomic E-state index is 11.2. The van der Waals surface area contributed by atoms with Crippen LogP contribution in [0.25, 0.3) is 0 Å². The minimum atomic E-state index is 0.0627. The highest BCUT2D eigenvalue weighted by molar-refractivity contribution is 5.76. The van der Waals surface area contributed by atoms with Crippen molar-refractivity contribution >= 4 is 11.6 Å². The number of hydrogen-bond donors (Lipinski definition) is 1. The Kier molecular flexibility index (Phi) is 5.79. The fourth-order valence-corrected chi connectivity index (χ4v) is 1.57. The third kappa shape index (κ3) is 4.50. The molecule has 1 N–H and O–H groups in total. The Morgan fingerprint density at radius 1 is 1.33 bits per heavy atom. The van der Waals surface area contributed by atoms with Crippen molar-refractivity contribution in [2.24, 2.45) is 0 Å². The maximum atomic E-state index is 11.2. The highest BCUT2D eigenvalue weighted by Crippen LogP contribution is 2.16. The average Bonchev–Trinajstić information content (AvgIpc) is 2.35. The zero-order chi connectivity index (χ0) is 13.4. The van der Waals surface area contributed by atoms with Gasteiger partial charge in [-0.3, -0.25) is 4.79 Å². The zero-order valence-electron chi connectivity index (χ0n) is 11.3. The molecule has 0 unspecified atom stereocenters. The molecule has 0 bridgehead atoms. The number of anilines is 1. The molecule has 0 aliphatic heterocycles. The molecule has 0 radical (unpaired) electrons. The van der Waals surface area contributed by atoms with E-state index >= 15 is 0 Å². The van der Waals surface area contributed by atoms with E-state index in [1.165, 1.54) is 0 Å². The summed E-state index contributed by atoms with van der Waals surface area (Å²) < 4.78 is 0. The lowest BCUT2D eigenvalue weighted by Gasteiger charge is -2.13. The van der Waals surface area contributed by atoms with Crippen molar-refractivity contribution in [2.75, 3.05) is 25.5 Å². The van der Waals surface area contributed by atoms with Gasteiger partial charge in [-0.25, -0.2) is 0 Å². The summed E-state index contributed by atoms with van der Waals surface area (Å²) in [6.45, 7) is 2.39. The molecule has 3 heteroatoms. The summed E-state index contributed by atoms with van der Waals surface area (Å²) in [7, 11) is 3.98. The molecule has 0 heterocycles. The van der Waals surface area contributed by atoms with Crippen LogP contribution < -0.4 is 10.2 Å². The van der Waals surface area contributed by atoms with Crippen LogP contribution in [0.1, 0.15) is 25.3 Å². The van der Waals surface area contributed by atoms with Crippen LogP contribution in [0.2, 0.25) is 0 Å². The Bertz CT molecular complexity index is 455. The molecule has 0 fully saturated rings. The number of para-hydroxylation sites is 1. The first-order valence-corrected chi connectivity index (χ1v) is 6.17. The van der Waals surface area contributed by atoms with E-state index < -0.39 is 0 Å². The van der Waals surface area contributed by atoms with E-state index in [9.17, 15) is 4.79 Å². The minimum absolute atomic E-state index is 0.0627. The van der Waals surface area contributed by atoms with Crippen LogP contribution in [0, 0.1) is 11.8 Å². The van der Waals surface area contributed by atoms with Gasteiger partial charge in [0.25, 0.3) is 0 Å². The molecular formula is C15H20N2O. The van der Waals surface area contributed by atoms with Crippen LogP contribution in [0.5, 0.6) is 0 Å². The zero-order valence-corrected chi connectivity index (χ0v) is 11.3. The second-order valence-corrected chi connectivity index (χ2v) is 4.24. The first-order valence-electron chi connectivity index (χ1n) is 6.17. The number of carbonyl (C=O) groups is 1. The van der Waals surface area contributed by atoms with Crippen molar-refractivity contribution in [3.63, 3.8) is 0 Å². The number of nitrogens with one attached hydrogen (secondary N) is 1. The smallest absolute Gasteiger partial charge is 0.220 e. The number of nitrogens with zero attached hydrogens (tertiary/aromatic N) is 1. The molecule has 1 rings (SSSR count). The number of hydrogen-bond acceptors (Lipinski definition) is 2. The van der Waals surface area contributed by atoms with Gasteiger partial charge in [0.15, 0.2) is 0 Å². The summed E-state index contributed by atoms with van der Waals surface area (Å²) in [4.78, 5) is 13.3. The van der Waals surface area contributed by atoms with E-state index in [-0.39, 0.29) is 5.91 Å². The number of amides is 1. The quantitative estimate of drug-likeness (QED) is 0.822. The molecule has 0 aliphatic rings. The van der Waals surface area contributed by atoms with Crippen molar-refractivity contribution in [3.05, 3.63) is 29.8 Å². The summed E-state index contributed by atoms with van der Waals surface area (Å²) >= 11 is 0. The second kappa shape index (κ2) is 7.39.